The van der Waals surface area contributed by atoms with Crippen molar-refractivity contribution in [3.05, 3.63) is 36.5 Å². The van der Waals surface area contributed by atoms with Crippen molar-refractivity contribution in [1.29, 1.82) is 0 Å². The van der Waals surface area contributed by atoms with Crippen LogP contribution in [-0.4, -0.2) is 4.98 Å². The smallest absolute Gasteiger partial charge is 0.424 e. The molecule has 0 radical (unpaired) electrons. The molecule has 2 aromatic rings. The first-order chi connectivity index (χ1) is 5.47. The summed E-state index contributed by atoms with van der Waals surface area (Å²) in [7, 11) is 0. The Morgan fingerprint density at radius 2 is 1.83 bits per heavy atom. The SMILES string of the molecule is CC.[K+].[c-]1c[nH]c2ccccc12. The van der Waals surface area contributed by atoms with Gasteiger partial charge in [-0.3, -0.25) is 0 Å². The number of para-hydroxylation sites is 1. The van der Waals surface area contributed by atoms with Gasteiger partial charge in [-0.15, -0.1) is 6.07 Å². The van der Waals surface area contributed by atoms with Crippen LogP contribution in [0.3, 0.4) is 0 Å². The van der Waals surface area contributed by atoms with E-state index in [-0.39, 0.29) is 51.4 Å². The van der Waals surface area contributed by atoms with Crippen LogP contribution < -0.4 is 51.4 Å². The number of H-pyrrole nitrogens is 1. The van der Waals surface area contributed by atoms with Crippen LogP contribution in [0.15, 0.2) is 30.5 Å². The van der Waals surface area contributed by atoms with Gasteiger partial charge >= 0.3 is 51.4 Å². The Labute approximate surface area is 116 Å². The van der Waals surface area contributed by atoms with Crippen LogP contribution in [0.4, 0.5) is 0 Å². The minimum atomic E-state index is 0. The normalized spacial score (nSPS) is 8.17. The molecule has 0 saturated carbocycles. The molecule has 0 bridgehead atoms. The van der Waals surface area contributed by atoms with E-state index in [1.165, 1.54) is 0 Å². The molecule has 0 aliphatic carbocycles. The van der Waals surface area contributed by atoms with Crippen molar-refractivity contribution in [1.82, 2.24) is 4.98 Å². The minimum absolute atomic E-state index is 0. The van der Waals surface area contributed by atoms with Gasteiger partial charge in [-0.05, 0) is 0 Å². The van der Waals surface area contributed by atoms with Crippen LogP contribution >= 0.6 is 0 Å². The van der Waals surface area contributed by atoms with Gasteiger partial charge in [0.25, 0.3) is 0 Å². The largest absolute Gasteiger partial charge is 1.00 e. The maximum absolute atomic E-state index is 3.06. The van der Waals surface area contributed by atoms with Gasteiger partial charge in [0.15, 0.2) is 0 Å². The Morgan fingerprint density at radius 3 is 2.50 bits per heavy atom. The molecule has 0 spiro atoms. The van der Waals surface area contributed by atoms with E-state index in [1.54, 1.807) is 0 Å². The van der Waals surface area contributed by atoms with Gasteiger partial charge in [0, 0.05) is 0 Å². The molecule has 0 unspecified atom stereocenters. The summed E-state index contributed by atoms with van der Waals surface area (Å²) in [6, 6.07) is 11.1. The van der Waals surface area contributed by atoms with Crippen LogP contribution in [0.5, 0.6) is 0 Å². The van der Waals surface area contributed by atoms with Crippen molar-refractivity contribution >= 4 is 10.9 Å². The van der Waals surface area contributed by atoms with Gasteiger partial charge in [-0.1, -0.05) is 37.7 Å². The predicted molar refractivity (Wildman–Crippen MR) is 48.5 cm³/mol. The summed E-state index contributed by atoms with van der Waals surface area (Å²) in [5.74, 6) is 0. The Hall–Kier alpha value is 0.396. The molecule has 0 amide bonds. The zero-order valence-corrected chi connectivity index (χ0v) is 11.0. The number of benzene rings is 1. The quantitative estimate of drug-likeness (QED) is 0.439. The zero-order chi connectivity index (χ0) is 8.10. The summed E-state index contributed by atoms with van der Waals surface area (Å²) in [4.78, 5) is 3.06. The van der Waals surface area contributed by atoms with E-state index >= 15 is 0 Å². The van der Waals surface area contributed by atoms with Gasteiger partial charge in [0.2, 0.25) is 0 Å². The molecule has 0 saturated heterocycles. The standard InChI is InChI=1S/C8H6N.C2H6.K/c1-2-4-8-7(3-1)5-6-9-8;1-2;/h1-4,6,9H;1-2H3;/q-1;;+1. The molecular formula is C10H12KN. The van der Waals surface area contributed by atoms with E-state index in [4.69, 9.17) is 0 Å². The zero-order valence-electron chi connectivity index (χ0n) is 7.89. The number of nitrogens with one attached hydrogen (secondary N) is 1. The van der Waals surface area contributed by atoms with E-state index in [0.29, 0.717) is 0 Å². The van der Waals surface area contributed by atoms with Crippen molar-refractivity contribution in [2.24, 2.45) is 0 Å². The van der Waals surface area contributed by atoms with Crippen LogP contribution in [0, 0.1) is 6.07 Å². The van der Waals surface area contributed by atoms with Crippen molar-refractivity contribution in [3.63, 3.8) is 0 Å². The van der Waals surface area contributed by atoms with Crippen LogP contribution in [0.1, 0.15) is 13.8 Å². The molecule has 0 fully saturated rings. The maximum Gasteiger partial charge on any atom is 1.00 e. The van der Waals surface area contributed by atoms with Crippen molar-refractivity contribution in [2.45, 2.75) is 13.8 Å². The van der Waals surface area contributed by atoms with E-state index in [0.717, 1.165) is 10.9 Å². The summed E-state index contributed by atoms with van der Waals surface area (Å²) in [5.41, 5.74) is 1.15. The molecule has 1 heterocycles. The number of fused-ring (bicyclic) bond motifs is 1. The van der Waals surface area contributed by atoms with Crippen LogP contribution in [-0.2, 0) is 0 Å². The van der Waals surface area contributed by atoms with Gasteiger partial charge in [-0.25, -0.2) is 0 Å². The summed E-state index contributed by atoms with van der Waals surface area (Å²) < 4.78 is 0. The van der Waals surface area contributed by atoms with E-state index < -0.39 is 0 Å². The number of aromatic amines is 1. The second-order valence-electron chi connectivity index (χ2n) is 1.98. The number of rotatable bonds is 0. The number of hydrogen-bond acceptors (Lipinski definition) is 0. The Balaban J connectivity index is 0.000000378. The molecule has 1 nitrogen and oxygen atoms in total. The average molecular weight is 185 g/mol. The fourth-order valence-electron chi connectivity index (χ4n) is 0.926. The van der Waals surface area contributed by atoms with E-state index in [1.807, 2.05) is 44.3 Å². The second-order valence-corrected chi connectivity index (χ2v) is 1.98. The third-order valence-electron chi connectivity index (χ3n) is 1.38. The first-order valence-corrected chi connectivity index (χ1v) is 3.90. The molecule has 12 heavy (non-hydrogen) atoms. The van der Waals surface area contributed by atoms with Crippen LogP contribution in [0.25, 0.3) is 10.9 Å². The van der Waals surface area contributed by atoms with Crippen molar-refractivity contribution < 1.29 is 51.4 Å². The van der Waals surface area contributed by atoms with Crippen molar-refractivity contribution in [3.8, 4) is 0 Å². The first-order valence-electron chi connectivity index (χ1n) is 3.90. The topological polar surface area (TPSA) is 15.8 Å². The number of hydrogen-bond donors (Lipinski definition) is 1. The maximum atomic E-state index is 3.06. The summed E-state index contributed by atoms with van der Waals surface area (Å²) >= 11 is 0. The third kappa shape index (κ3) is 3.03. The Bertz CT molecular complexity index is 284. The van der Waals surface area contributed by atoms with E-state index in [2.05, 4.69) is 11.1 Å². The van der Waals surface area contributed by atoms with Crippen molar-refractivity contribution in [2.75, 3.05) is 0 Å². The fourth-order valence-corrected chi connectivity index (χ4v) is 0.926. The molecule has 2 rings (SSSR count). The molecule has 1 N–H and O–H groups in total. The summed E-state index contributed by atoms with van der Waals surface area (Å²) in [6.07, 6.45) is 1.82. The molecule has 1 aromatic heterocycles. The van der Waals surface area contributed by atoms with Gasteiger partial charge < -0.3 is 4.98 Å². The molecule has 0 aliphatic heterocycles. The Kier molecular flexibility index (Phi) is 7.09. The molecule has 1 aromatic carbocycles. The minimum Gasteiger partial charge on any atom is -0.424 e. The predicted octanol–water partition coefficient (Wildman–Crippen LogP) is -0.00171. The third-order valence-corrected chi connectivity index (χ3v) is 1.38. The van der Waals surface area contributed by atoms with Gasteiger partial charge in [0.05, 0.1) is 0 Å². The second kappa shape index (κ2) is 6.86. The van der Waals surface area contributed by atoms with Gasteiger partial charge in [0.1, 0.15) is 0 Å². The molecule has 2 heteroatoms. The molecular weight excluding hydrogens is 173 g/mol. The molecule has 0 atom stereocenters. The number of aromatic nitrogens is 1. The van der Waals surface area contributed by atoms with Crippen LogP contribution in [0.2, 0.25) is 0 Å². The summed E-state index contributed by atoms with van der Waals surface area (Å²) in [6.45, 7) is 4.00. The fraction of sp³-hybridized carbons (Fsp3) is 0.200. The van der Waals surface area contributed by atoms with Gasteiger partial charge in [-0.2, -0.15) is 17.5 Å². The first kappa shape index (κ1) is 12.4. The molecule has 0 aliphatic rings. The van der Waals surface area contributed by atoms with E-state index in [9.17, 15) is 0 Å². The average Bonchev–Trinajstić information content (AvgIpc) is 2.55. The Morgan fingerprint density at radius 1 is 1.17 bits per heavy atom. The molecule has 58 valence electrons. The summed E-state index contributed by atoms with van der Waals surface area (Å²) in [5, 5.41) is 1.15. The monoisotopic (exact) mass is 185 g/mol.